The van der Waals surface area contributed by atoms with Crippen LogP contribution in [0.5, 0.6) is 5.75 Å². The summed E-state index contributed by atoms with van der Waals surface area (Å²) in [6.07, 6.45) is 0. The molecule has 94 valence electrons. The van der Waals surface area contributed by atoms with Gasteiger partial charge in [0, 0.05) is 19.6 Å². The van der Waals surface area contributed by atoms with Crippen LogP contribution in [0.2, 0.25) is 10.0 Å². The third-order valence-electron chi connectivity index (χ3n) is 2.70. The zero-order valence-electron chi connectivity index (χ0n) is 9.62. The normalized spacial score (nSPS) is 18.8. The van der Waals surface area contributed by atoms with E-state index < -0.39 is 5.60 Å². The maximum absolute atomic E-state index is 9.56. The highest BCUT2D eigenvalue weighted by Gasteiger charge is 2.35. The van der Waals surface area contributed by atoms with Crippen LogP contribution in [0.4, 0.5) is 0 Å². The van der Waals surface area contributed by atoms with Gasteiger partial charge in [0.2, 0.25) is 0 Å². The molecule has 0 spiro atoms. The van der Waals surface area contributed by atoms with Gasteiger partial charge in [-0.05, 0) is 19.1 Å². The summed E-state index contributed by atoms with van der Waals surface area (Å²) in [5, 5.41) is 10.6. The van der Waals surface area contributed by atoms with Crippen LogP contribution in [0, 0.1) is 0 Å². The predicted octanol–water partition coefficient (Wildman–Crippen LogP) is 2.44. The predicted molar refractivity (Wildman–Crippen MR) is 69.0 cm³/mol. The third kappa shape index (κ3) is 3.26. The first kappa shape index (κ1) is 13.0. The molecule has 1 aromatic rings. The molecule has 1 aliphatic rings. The van der Waals surface area contributed by atoms with Crippen molar-refractivity contribution in [3.63, 3.8) is 0 Å². The molecule has 5 heteroatoms. The fourth-order valence-corrected chi connectivity index (χ4v) is 2.48. The van der Waals surface area contributed by atoms with Crippen LogP contribution in [0.25, 0.3) is 0 Å². The van der Waals surface area contributed by atoms with E-state index in [9.17, 15) is 5.11 Å². The Morgan fingerprint density at radius 2 is 1.94 bits per heavy atom. The van der Waals surface area contributed by atoms with Crippen molar-refractivity contribution in [2.75, 3.05) is 26.2 Å². The number of rotatable bonds is 4. The number of benzene rings is 1. The molecule has 3 nitrogen and oxygen atoms in total. The van der Waals surface area contributed by atoms with Crippen LogP contribution < -0.4 is 4.74 Å². The first-order valence-corrected chi connectivity index (χ1v) is 6.25. The van der Waals surface area contributed by atoms with Gasteiger partial charge in [-0.2, -0.15) is 0 Å². The second-order valence-corrected chi connectivity index (χ2v) is 5.42. The quantitative estimate of drug-likeness (QED) is 0.916. The Bertz CT molecular complexity index is 381. The highest BCUT2D eigenvalue weighted by Crippen LogP contribution is 2.32. The van der Waals surface area contributed by atoms with Crippen molar-refractivity contribution in [1.82, 2.24) is 4.90 Å². The number of hydrogen-bond donors (Lipinski definition) is 1. The van der Waals surface area contributed by atoms with E-state index in [-0.39, 0.29) is 0 Å². The lowest BCUT2D eigenvalue weighted by atomic mass is 9.97. The van der Waals surface area contributed by atoms with E-state index in [1.54, 1.807) is 18.2 Å². The largest absolute Gasteiger partial charge is 0.489 e. The Balaban J connectivity index is 1.79. The molecule has 0 bridgehead atoms. The van der Waals surface area contributed by atoms with Crippen molar-refractivity contribution in [3.05, 3.63) is 28.2 Å². The van der Waals surface area contributed by atoms with Crippen LogP contribution in [0.15, 0.2) is 18.2 Å². The Kier molecular flexibility index (Phi) is 3.83. The van der Waals surface area contributed by atoms with Crippen molar-refractivity contribution in [2.45, 2.75) is 12.5 Å². The van der Waals surface area contributed by atoms with Crippen molar-refractivity contribution >= 4 is 23.2 Å². The van der Waals surface area contributed by atoms with Gasteiger partial charge < -0.3 is 9.84 Å². The van der Waals surface area contributed by atoms with Gasteiger partial charge in [-0.1, -0.05) is 29.3 Å². The Hall–Kier alpha value is -0.480. The maximum Gasteiger partial charge on any atom is 0.156 e. The zero-order chi connectivity index (χ0) is 12.5. The fourth-order valence-electron chi connectivity index (χ4n) is 1.97. The van der Waals surface area contributed by atoms with Gasteiger partial charge in [0.15, 0.2) is 5.75 Å². The van der Waals surface area contributed by atoms with E-state index >= 15 is 0 Å². The summed E-state index contributed by atoms with van der Waals surface area (Å²) in [7, 11) is 0. The lowest BCUT2D eigenvalue weighted by Crippen LogP contribution is -2.60. The fraction of sp³-hybridized carbons (Fsp3) is 0.500. The molecule has 0 saturated carbocycles. The lowest BCUT2D eigenvalue weighted by Gasteiger charge is -2.44. The number of ether oxygens (including phenoxy) is 1. The average molecular weight is 276 g/mol. The molecule has 17 heavy (non-hydrogen) atoms. The van der Waals surface area contributed by atoms with Gasteiger partial charge in [0.05, 0.1) is 15.6 Å². The summed E-state index contributed by atoms with van der Waals surface area (Å²) in [4.78, 5) is 2.12. The SMILES string of the molecule is CC1(O)CN(CCOc2c(Cl)cccc2Cl)C1. The van der Waals surface area contributed by atoms with Crippen LogP contribution in [-0.4, -0.2) is 41.8 Å². The molecule has 0 aromatic heterocycles. The number of likely N-dealkylation sites (tertiary alicyclic amines) is 1. The Labute approximate surface area is 111 Å². The molecule has 1 heterocycles. The van der Waals surface area contributed by atoms with Crippen LogP contribution >= 0.6 is 23.2 Å². The Morgan fingerprint density at radius 3 is 2.47 bits per heavy atom. The molecule has 1 N–H and O–H groups in total. The van der Waals surface area contributed by atoms with Gasteiger partial charge >= 0.3 is 0 Å². The van der Waals surface area contributed by atoms with E-state index in [4.69, 9.17) is 27.9 Å². The molecule has 0 aliphatic carbocycles. The second-order valence-electron chi connectivity index (χ2n) is 4.61. The summed E-state index contributed by atoms with van der Waals surface area (Å²) < 4.78 is 5.55. The lowest BCUT2D eigenvalue weighted by molar-refractivity contribution is -0.0859. The molecule has 0 unspecified atom stereocenters. The number of aliphatic hydroxyl groups is 1. The molecular formula is C12H15Cl2NO2. The highest BCUT2D eigenvalue weighted by atomic mass is 35.5. The number of nitrogens with zero attached hydrogens (tertiary/aromatic N) is 1. The molecule has 1 saturated heterocycles. The molecule has 2 rings (SSSR count). The van der Waals surface area contributed by atoms with Gasteiger partial charge in [0.1, 0.15) is 6.61 Å². The summed E-state index contributed by atoms with van der Waals surface area (Å²) in [5.41, 5.74) is -0.540. The monoisotopic (exact) mass is 275 g/mol. The molecule has 1 fully saturated rings. The van der Waals surface area contributed by atoms with Crippen molar-refractivity contribution in [1.29, 1.82) is 0 Å². The van der Waals surface area contributed by atoms with Crippen LogP contribution in [0.3, 0.4) is 0 Å². The second kappa shape index (κ2) is 5.02. The average Bonchev–Trinajstić information content (AvgIpc) is 2.19. The van der Waals surface area contributed by atoms with E-state index in [1.165, 1.54) is 0 Å². The van der Waals surface area contributed by atoms with Crippen LogP contribution in [-0.2, 0) is 0 Å². The molecule has 0 amide bonds. The Morgan fingerprint density at radius 1 is 1.35 bits per heavy atom. The molecule has 1 aromatic carbocycles. The van der Waals surface area contributed by atoms with Gasteiger partial charge in [0.25, 0.3) is 0 Å². The summed E-state index contributed by atoms with van der Waals surface area (Å²) in [5.74, 6) is 0.531. The highest BCUT2D eigenvalue weighted by molar-refractivity contribution is 6.37. The summed E-state index contributed by atoms with van der Waals surface area (Å²) >= 11 is 11.9. The van der Waals surface area contributed by atoms with E-state index in [1.807, 2.05) is 6.92 Å². The van der Waals surface area contributed by atoms with E-state index in [0.29, 0.717) is 35.5 Å². The smallest absolute Gasteiger partial charge is 0.156 e. The van der Waals surface area contributed by atoms with Crippen LogP contribution in [0.1, 0.15) is 6.92 Å². The van der Waals surface area contributed by atoms with Crippen molar-refractivity contribution < 1.29 is 9.84 Å². The van der Waals surface area contributed by atoms with Gasteiger partial charge in [-0.15, -0.1) is 0 Å². The van der Waals surface area contributed by atoms with Gasteiger partial charge in [-0.3, -0.25) is 4.90 Å². The van der Waals surface area contributed by atoms with Crippen molar-refractivity contribution in [3.8, 4) is 5.75 Å². The standard InChI is InChI=1S/C12H15Cl2NO2/c1-12(16)7-15(8-12)5-6-17-11-9(13)3-2-4-10(11)14/h2-4,16H,5-8H2,1H3. The minimum absolute atomic E-state index is 0.513. The minimum atomic E-state index is -0.540. The molecular weight excluding hydrogens is 261 g/mol. The van der Waals surface area contributed by atoms with Gasteiger partial charge in [-0.25, -0.2) is 0 Å². The number of hydrogen-bond acceptors (Lipinski definition) is 3. The third-order valence-corrected chi connectivity index (χ3v) is 3.30. The number of halogens is 2. The molecule has 1 aliphatic heterocycles. The molecule has 0 atom stereocenters. The van der Waals surface area contributed by atoms with E-state index in [2.05, 4.69) is 4.90 Å². The minimum Gasteiger partial charge on any atom is -0.489 e. The first-order chi connectivity index (χ1) is 7.98. The first-order valence-electron chi connectivity index (χ1n) is 5.49. The number of para-hydroxylation sites is 1. The molecule has 0 radical (unpaired) electrons. The summed E-state index contributed by atoms with van der Waals surface area (Å²) in [6.45, 7) is 4.48. The maximum atomic E-state index is 9.56. The van der Waals surface area contributed by atoms with Crippen molar-refractivity contribution in [2.24, 2.45) is 0 Å². The topological polar surface area (TPSA) is 32.7 Å². The summed E-state index contributed by atoms with van der Waals surface area (Å²) in [6, 6.07) is 5.28. The van der Waals surface area contributed by atoms with E-state index in [0.717, 1.165) is 6.54 Å². The zero-order valence-corrected chi connectivity index (χ0v) is 11.1. The number of β-amino-alcohol motifs (C(OH)–C–C–N with tert-alkyl or cyclic N) is 1.